The van der Waals surface area contributed by atoms with Crippen LogP contribution in [0.25, 0.3) is 0 Å². The van der Waals surface area contributed by atoms with Gasteiger partial charge in [-0.1, -0.05) is 36.9 Å². The van der Waals surface area contributed by atoms with Crippen LogP contribution in [0, 0.1) is 0 Å². The minimum absolute atomic E-state index is 0.0841. The van der Waals surface area contributed by atoms with Gasteiger partial charge in [-0.15, -0.1) is 0 Å². The number of carbonyl (C=O) groups excluding carboxylic acids is 1. The van der Waals surface area contributed by atoms with Gasteiger partial charge in [0.2, 0.25) is 5.91 Å². The molecule has 0 aliphatic rings. The Kier molecular flexibility index (Phi) is 11.0. The first kappa shape index (κ1) is 23.3. The quantitative estimate of drug-likeness (QED) is 0.311. The van der Waals surface area contributed by atoms with Gasteiger partial charge in [-0.2, -0.15) is 0 Å². The third-order valence-corrected chi connectivity index (χ3v) is 4.00. The SMILES string of the molecule is C=CC(=O)NCCC[N+](CC)(CC)Cc1ccccc1.CS(=O)(=O)[O-]. The van der Waals surface area contributed by atoms with Crippen LogP contribution in [0.15, 0.2) is 43.0 Å². The third-order valence-electron chi connectivity index (χ3n) is 4.00. The molecule has 1 aromatic rings. The molecule has 0 aliphatic carbocycles. The fourth-order valence-corrected chi connectivity index (χ4v) is 2.51. The molecule has 0 aromatic heterocycles. The number of rotatable bonds is 9. The maximum absolute atomic E-state index is 11.1. The molecule has 1 amide bonds. The molecular weight excluding hydrogens is 340 g/mol. The summed E-state index contributed by atoms with van der Waals surface area (Å²) in [5.41, 5.74) is 1.38. The topological polar surface area (TPSA) is 86.3 Å². The van der Waals surface area contributed by atoms with E-state index in [1.807, 2.05) is 0 Å². The van der Waals surface area contributed by atoms with E-state index in [1.165, 1.54) is 11.6 Å². The van der Waals surface area contributed by atoms with Gasteiger partial charge in [0.25, 0.3) is 0 Å². The average Bonchev–Trinajstić information content (AvgIpc) is 2.57. The zero-order chi connectivity index (χ0) is 19.3. The standard InChI is InChI=1S/C17H26N2O.CH4O3S/c1-4-17(20)18-13-10-14-19(5-2,6-3)15-16-11-8-7-9-12-16;1-5(2,3)4/h4,7-9,11-12H,1,5-6,10,13-15H2,2-3H3;1H3,(H,2,3,4). The van der Waals surface area contributed by atoms with E-state index >= 15 is 0 Å². The van der Waals surface area contributed by atoms with Gasteiger partial charge in [-0.25, -0.2) is 8.42 Å². The number of amides is 1. The van der Waals surface area contributed by atoms with Gasteiger partial charge in [0.05, 0.1) is 29.8 Å². The summed E-state index contributed by atoms with van der Waals surface area (Å²) in [6.07, 6.45) is 2.92. The normalized spacial score (nSPS) is 11.2. The summed E-state index contributed by atoms with van der Waals surface area (Å²) in [5.74, 6) is -0.0841. The van der Waals surface area contributed by atoms with Crippen LogP contribution in [0.4, 0.5) is 0 Å². The predicted molar refractivity (Wildman–Crippen MR) is 99.8 cm³/mol. The van der Waals surface area contributed by atoms with E-state index in [1.54, 1.807) is 0 Å². The Balaban J connectivity index is 0.00000101. The summed E-state index contributed by atoms with van der Waals surface area (Å²) in [4.78, 5) is 11.1. The molecule has 0 saturated carbocycles. The zero-order valence-corrected chi connectivity index (χ0v) is 16.2. The van der Waals surface area contributed by atoms with Crippen molar-refractivity contribution < 1.29 is 22.2 Å². The van der Waals surface area contributed by atoms with E-state index in [-0.39, 0.29) is 5.91 Å². The van der Waals surface area contributed by atoms with Crippen molar-refractivity contribution in [2.75, 3.05) is 32.4 Å². The van der Waals surface area contributed by atoms with Crippen molar-refractivity contribution in [1.82, 2.24) is 5.32 Å². The number of carbonyl (C=O) groups is 1. The van der Waals surface area contributed by atoms with Gasteiger partial charge in [0.1, 0.15) is 6.54 Å². The molecular formula is C18H30N2O4S. The molecule has 0 saturated heterocycles. The minimum atomic E-state index is -3.92. The van der Waals surface area contributed by atoms with E-state index in [0.717, 1.165) is 43.6 Å². The summed E-state index contributed by atoms with van der Waals surface area (Å²) in [6, 6.07) is 10.6. The van der Waals surface area contributed by atoms with Crippen LogP contribution in [-0.2, 0) is 21.5 Å². The van der Waals surface area contributed by atoms with E-state index in [4.69, 9.17) is 13.0 Å². The van der Waals surface area contributed by atoms with Crippen LogP contribution in [0.5, 0.6) is 0 Å². The number of hydrogen-bond donors (Lipinski definition) is 1. The Hall–Kier alpha value is -1.70. The van der Waals surface area contributed by atoms with Crippen LogP contribution < -0.4 is 5.32 Å². The molecule has 7 heteroatoms. The summed E-state index contributed by atoms with van der Waals surface area (Å²) < 4.78 is 28.3. The van der Waals surface area contributed by atoms with Crippen LogP contribution in [0.3, 0.4) is 0 Å². The second-order valence-corrected chi connectivity index (χ2v) is 7.30. The summed E-state index contributed by atoms with van der Waals surface area (Å²) >= 11 is 0. The van der Waals surface area contributed by atoms with E-state index in [2.05, 4.69) is 56.1 Å². The van der Waals surface area contributed by atoms with E-state index < -0.39 is 10.1 Å². The molecule has 6 nitrogen and oxygen atoms in total. The highest BCUT2D eigenvalue weighted by Gasteiger charge is 2.23. The first-order chi connectivity index (χ1) is 11.7. The molecule has 142 valence electrons. The maximum atomic E-state index is 11.1. The monoisotopic (exact) mass is 370 g/mol. The molecule has 1 aromatic carbocycles. The molecule has 1 rings (SSSR count). The van der Waals surface area contributed by atoms with Crippen molar-refractivity contribution >= 4 is 16.0 Å². The lowest BCUT2D eigenvalue weighted by atomic mass is 10.1. The van der Waals surface area contributed by atoms with Gasteiger partial charge < -0.3 is 14.4 Å². The molecule has 0 atom stereocenters. The van der Waals surface area contributed by atoms with Crippen LogP contribution in [0.2, 0.25) is 0 Å². The number of nitrogens with zero attached hydrogens (tertiary/aromatic N) is 1. The molecule has 0 spiro atoms. The molecule has 0 aliphatic heterocycles. The highest BCUT2D eigenvalue weighted by molar-refractivity contribution is 7.84. The second kappa shape index (κ2) is 11.8. The first-order valence-corrected chi connectivity index (χ1v) is 10.2. The highest BCUT2D eigenvalue weighted by atomic mass is 32.2. The van der Waals surface area contributed by atoms with E-state index in [9.17, 15) is 4.79 Å². The Morgan fingerprint density at radius 3 is 2.20 bits per heavy atom. The van der Waals surface area contributed by atoms with Crippen LogP contribution in [-0.4, -0.2) is 55.8 Å². The fourth-order valence-electron chi connectivity index (χ4n) is 2.51. The van der Waals surface area contributed by atoms with Crippen molar-refractivity contribution in [3.63, 3.8) is 0 Å². The predicted octanol–water partition coefficient (Wildman–Crippen LogP) is 1.90. The van der Waals surface area contributed by atoms with Gasteiger partial charge in [-0.3, -0.25) is 4.79 Å². The Labute approximate surface area is 151 Å². The molecule has 0 radical (unpaired) electrons. The zero-order valence-electron chi connectivity index (χ0n) is 15.4. The molecule has 25 heavy (non-hydrogen) atoms. The van der Waals surface area contributed by atoms with Crippen LogP contribution in [0.1, 0.15) is 25.8 Å². The Bertz CT molecular complexity index is 603. The first-order valence-electron chi connectivity index (χ1n) is 8.36. The summed E-state index contributed by atoms with van der Waals surface area (Å²) in [6.45, 7) is 13.0. The summed E-state index contributed by atoms with van der Waals surface area (Å²) in [7, 11) is -3.92. The number of nitrogens with one attached hydrogen (secondary N) is 1. The largest absolute Gasteiger partial charge is 0.748 e. The van der Waals surface area contributed by atoms with Crippen molar-refractivity contribution in [2.45, 2.75) is 26.8 Å². The smallest absolute Gasteiger partial charge is 0.243 e. The van der Waals surface area contributed by atoms with Crippen molar-refractivity contribution in [2.24, 2.45) is 0 Å². The van der Waals surface area contributed by atoms with Gasteiger partial charge in [0, 0.05) is 24.8 Å². The molecule has 0 unspecified atom stereocenters. The number of quaternary nitrogens is 1. The summed E-state index contributed by atoms with van der Waals surface area (Å²) in [5, 5.41) is 2.85. The third kappa shape index (κ3) is 12.3. The van der Waals surface area contributed by atoms with Gasteiger partial charge in [0.15, 0.2) is 0 Å². The molecule has 0 bridgehead atoms. The lowest BCUT2D eigenvalue weighted by molar-refractivity contribution is -0.937. The van der Waals surface area contributed by atoms with E-state index in [0.29, 0.717) is 6.26 Å². The van der Waals surface area contributed by atoms with Gasteiger partial charge >= 0.3 is 0 Å². The second-order valence-electron chi connectivity index (χ2n) is 5.89. The Morgan fingerprint density at radius 2 is 1.76 bits per heavy atom. The van der Waals surface area contributed by atoms with Gasteiger partial charge in [-0.05, 0) is 19.9 Å². The highest BCUT2D eigenvalue weighted by Crippen LogP contribution is 2.15. The molecule has 0 fully saturated rings. The molecule has 1 N–H and O–H groups in total. The lowest BCUT2D eigenvalue weighted by Gasteiger charge is -2.37. The van der Waals surface area contributed by atoms with Crippen LogP contribution >= 0.6 is 0 Å². The average molecular weight is 371 g/mol. The van der Waals surface area contributed by atoms with Crippen molar-refractivity contribution in [3.8, 4) is 0 Å². The molecule has 0 heterocycles. The lowest BCUT2D eigenvalue weighted by Crippen LogP contribution is -2.48. The fraction of sp³-hybridized carbons (Fsp3) is 0.500. The minimum Gasteiger partial charge on any atom is -0.748 e. The number of hydrogen-bond acceptors (Lipinski definition) is 4. The maximum Gasteiger partial charge on any atom is 0.243 e. The van der Waals surface area contributed by atoms with Crippen molar-refractivity contribution in [1.29, 1.82) is 0 Å². The Morgan fingerprint density at radius 1 is 1.24 bits per heavy atom. The van der Waals surface area contributed by atoms with Crippen molar-refractivity contribution in [3.05, 3.63) is 48.6 Å². The number of benzene rings is 1.